The van der Waals surface area contributed by atoms with E-state index in [1.54, 1.807) is 54.0 Å². The first kappa shape index (κ1) is 28.6. The second kappa shape index (κ2) is 12.0. The molecule has 0 unspecified atom stereocenters. The Morgan fingerprint density at radius 1 is 1.07 bits per heavy atom. The molecule has 1 amide bonds. The van der Waals surface area contributed by atoms with E-state index in [1.165, 1.54) is 23.5 Å². The van der Waals surface area contributed by atoms with Gasteiger partial charge in [0.15, 0.2) is 4.80 Å². The fourth-order valence-electron chi connectivity index (χ4n) is 5.02. The van der Waals surface area contributed by atoms with Gasteiger partial charge in [0.05, 0.1) is 33.4 Å². The number of allylic oxidation sites excluding steroid dienone is 1. The number of furan rings is 1. The molecule has 10 nitrogen and oxygen atoms in total. The maximum Gasteiger partial charge on any atom is 0.271 e. The molecule has 0 saturated heterocycles. The third kappa shape index (κ3) is 5.60. The minimum Gasteiger partial charge on any atom is -0.494 e. The Kier molecular flexibility index (Phi) is 7.78. The van der Waals surface area contributed by atoms with Crippen molar-refractivity contribution in [1.29, 1.82) is 0 Å². The molecule has 0 bridgehead atoms. The number of non-ortho nitro benzene ring substituents is 1. The summed E-state index contributed by atoms with van der Waals surface area (Å²) in [6.45, 7) is 4.18. The average Bonchev–Trinajstić information content (AvgIpc) is 3.61. The van der Waals surface area contributed by atoms with Gasteiger partial charge in [0.2, 0.25) is 0 Å². The van der Waals surface area contributed by atoms with Crippen molar-refractivity contribution in [2.45, 2.75) is 19.9 Å². The molecule has 11 heteroatoms. The van der Waals surface area contributed by atoms with Gasteiger partial charge in [-0.05, 0) is 67.9 Å². The molecule has 0 aliphatic carbocycles. The molecule has 1 N–H and O–H groups in total. The summed E-state index contributed by atoms with van der Waals surface area (Å²) < 4.78 is 13.5. The molecule has 220 valence electrons. The number of benzene rings is 3. The minimum atomic E-state index is -0.736. The Bertz CT molecular complexity index is 2070. The highest BCUT2D eigenvalue weighted by atomic mass is 32.1. The lowest BCUT2D eigenvalue weighted by molar-refractivity contribution is -0.384. The summed E-state index contributed by atoms with van der Waals surface area (Å²) in [6, 6.07) is 25.2. The minimum absolute atomic E-state index is 0.0177. The number of nitro benzene ring substituents is 1. The number of fused-ring (bicyclic) bond motifs is 1. The number of aromatic nitrogens is 1. The zero-order valence-electron chi connectivity index (χ0n) is 23.7. The van der Waals surface area contributed by atoms with Crippen LogP contribution in [0.1, 0.15) is 31.2 Å². The Balaban J connectivity index is 1.41. The first-order chi connectivity index (χ1) is 21.3. The highest BCUT2D eigenvalue weighted by Crippen LogP contribution is 2.32. The SMILES string of the molecule is CCOc1ccc([C@H]2C(C(=O)Nc3ccccc3)=C(C)N=c3s/c(=C\c4ccc(-c5ccc([N+](=O)[O-])cc5)o4)c(=O)n32)cc1. The topological polar surface area (TPSA) is 129 Å². The van der Waals surface area contributed by atoms with Crippen LogP contribution < -0.4 is 24.9 Å². The maximum absolute atomic E-state index is 14.0. The highest BCUT2D eigenvalue weighted by molar-refractivity contribution is 7.07. The van der Waals surface area contributed by atoms with Gasteiger partial charge in [-0.2, -0.15) is 0 Å². The molecule has 0 saturated carbocycles. The van der Waals surface area contributed by atoms with Crippen LogP contribution in [0.2, 0.25) is 0 Å². The lowest BCUT2D eigenvalue weighted by Gasteiger charge is -2.25. The number of carbonyl (C=O) groups is 1. The van der Waals surface area contributed by atoms with Crippen LogP contribution in [0.5, 0.6) is 5.75 Å². The van der Waals surface area contributed by atoms with Crippen LogP contribution in [0.3, 0.4) is 0 Å². The average molecular weight is 607 g/mol. The summed E-state index contributed by atoms with van der Waals surface area (Å²) in [6.07, 6.45) is 1.64. The summed E-state index contributed by atoms with van der Waals surface area (Å²) >= 11 is 1.20. The molecule has 1 aliphatic heterocycles. The molecule has 3 heterocycles. The Labute approximate surface area is 255 Å². The van der Waals surface area contributed by atoms with E-state index < -0.39 is 11.0 Å². The summed E-state index contributed by atoms with van der Waals surface area (Å²) in [5, 5.41) is 13.9. The second-order valence-electron chi connectivity index (χ2n) is 9.91. The fraction of sp³-hybridized carbons (Fsp3) is 0.121. The molecule has 6 rings (SSSR count). The van der Waals surface area contributed by atoms with Crippen molar-refractivity contribution in [2.75, 3.05) is 11.9 Å². The fourth-order valence-corrected chi connectivity index (χ4v) is 6.05. The van der Waals surface area contributed by atoms with Gasteiger partial charge >= 0.3 is 0 Å². The second-order valence-corrected chi connectivity index (χ2v) is 10.9. The smallest absolute Gasteiger partial charge is 0.271 e. The van der Waals surface area contributed by atoms with Gasteiger partial charge in [0.1, 0.15) is 17.3 Å². The molecule has 5 aromatic rings. The monoisotopic (exact) mass is 606 g/mol. The van der Waals surface area contributed by atoms with Crippen molar-refractivity contribution >= 4 is 34.7 Å². The standard InChI is InChI=1S/C33H26N4O6S/c1-3-42-25-15-11-22(12-16-25)30-29(31(38)35-23-7-5-4-6-8-23)20(2)34-33-36(30)32(39)28(44-33)19-26-17-18-27(43-26)21-9-13-24(14-10-21)37(40)41/h4-19,30H,3H2,1-2H3,(H,35,38)/b28-19-/t30-/m0/s1. The van der Waals surface area contributed by atoms with E-state index in [1.807, 2.05) is 49.4 Å². The largest absolute Gasteiger partial charge is 0.494 e. The predicted octanol–water partition coefficient (Wildman–Crippen LogP) is 5.44. The number of nitro groups is 1. The number of thiazole rings is 1. The number of rotatable bonds is 8. The summed E-state index contributed by atoms with van der Waals surface area (Å²) in [4.78, 5) is 43.4. The molecule has 0 spiro atoms. The van der Waals surface area contributed by atoms with Gasteiger partial charge in [-0.15, -0.1) is 0 Å². The number of hydrogen-bond acceptors (Lipinski definition) is 8. The van der Waals surface area contributed by atoms with Gasteiger partial charge in [-0.3, -0.25) is 24.3 Å². The van der Waals surface area contributed by atoms with Crippen LogP contribution in [0.4, 0.5) is 11.4 Å². The van der Waals surface area contributed by atoms with Gasteiger partial charge in [-0.1, -0.05) is 41.7 Å². The Hall–Kier alpha value is -5.55. The first-order valence-electron chi connectivity index (χ1n) is 13.8. The molecule has 0 fully saturated rings. The predicted molar refractivity (Wildman–Crippen MR) is 167 cm³/mol. The third-order valence-electron chi connectivity index (χ3n) is 7.07. The molecular weight excluding hydrogens is 580 g/mol. The van der Waals surface area contributed by atoms with Crippen LogP contribution in [0.25, 0.3) is 17.4 Å². The molecule has 3 aromatic carbocycles. The van der Waals surface area contributed by atoms with Gasteiger partial charge < -0.3 is 14.5 Å². The van der Waals surface area contributed by atoms with Crippen LogP contribution in [-0.2, 0) is 4.79 Å². The van der Waals surface area contributed by atoms with Crippen molar-refractivity contribution in [3.63, 3.8) is 0 Å². The van der Waals surface area contributed by atoms with Crippen molar-refractivity contribution < 1.29 is 18.9 Å². The first-order valence-corrected chi connectivity index (χ1v) is 14.6. The normalized spacial score (nSPS) is 14.6. The number of hydrogen-bond donors (Lipinski definition) is 1. The van der Waals surface area contributed by atoms with Gasteiger partial charge in [0.25, 0.3) is 17.2 Å². The van der Waals surface area contributed by atoms with E-state index in [9.17, 15) is 19.7 Å². The number of nitrogens with zero attached hydrogens (tertiary/aromatic N) is 3. The lowest BCUT2D eigenvalue weighted by Crippen LogP contribution is -2.40. The molecular formula is C33H26N4O6S. The molecule has 44 heavy (non-hydrogen) atoms. The quantitative estimate of drug-likeness (QED) is 0.185. The Morgan fingerprint density at radius 3 is 2.48 bits per heavy atom. The van der Waals surface area contributed by atoms with E-state index >= 15 is 0 Å². The van der Waals surface area contributed by atoms with Gasteiger partial charge in [-0.25, -0.2) is 4.99 Å². The third-order valence-corrected chi connectivity index (χ3v) is 8.05. The molecule has 0 radical (unpaired) electrons. The number of para-hydroxylation sites is 1. The van der Waals surface area contributed by atoms with Crippen molar-refractivity contribution in [1.82, 2.24) is 4.57 Å². The van der Waals surface area contributed by atoms with Crippen LogP contribution >= 0.6 is 11.3 Å². The molecule has 2 aromatic heterocycles. The van der Waals surface area contributed by atoms with E-state index in [0.717, 1.165) is 5.56 Å². The van der Waals surface area contributed by atoms with Crippen molar-refractivity contribution in [2.24, 2.45) is 4.99 Å². The number of nitrogens with one attached hydrogen (secondary N) is 1. The number of carbonyl (C=O) groups excluding carboxylic acids is 1. The van der Waals surface area contributed by atoms with E-state index in [0.29, 0.717) is 55.7 Å². The summed E-state index contributed by atoms with van der Waals surface area (Å²) in [5.41, 5.74) is 2.54. The molecule has 1 atom stereocenters. The zero-order valence-corrected chi connectivity index (χ0v) is 24.5. The number of ether oxygens (including phenoxy) is 1. The lowest BCUT2D eigenvalue weighted by atomic mass is 9.95. The summed E-state index contributed by atoms with van der Waals surface area (Å²) in [5.74, 6) is 1.26. The van der Waals surface area contributed by atoms with Gasteiger partial charge in [0, 0.05) is 29.5 Å². The number of amides is 1. The Morgan fingerprint density at radius 2 is 1.80 bits per heavy atom. The van der Waals surface area contributed by atoms with Crippen molar-refractivity contribution in [3.8, 4) is 17.1 Å². The molecule has 1 aliphatic rings. The van der Waals surface area contributed by atoms with Crippen LogP contribution in [0, 0.1) is 10.1 Å². The van der Waals surface area contributed by atoms with E-state index in [-0.39, 0.29) is 17.2 Å². The van der Waals surface area contributed by atoms with Crippen molar-refractivity contribution in [3.05, 3.63) is 143 Å². The zero-order chi connectivity index (χ0) is 30.8. The number of anilines is 1. The van der Waals surface area contributed by atoms with Crippen LogP contribution in [0.15, 0.2) is 116 Å². The van der Waals surface area contributed by atoms with E-state index in [2.05, 4.69) is 10.3 Å². The van der Waals surface area contributed by atoms with E-state index in [4.69, 9.17) is 9.15 Å². The highest BCUT2D eigenvalue weighted by Gasteiger charge is 2.32. The maximum atomic E-state index is 14.0. The van der Waals surface area contributed by atoms with Crippen LogP contribution in [-0.4, -0.2) is 22.0 Å². The summed E-state index contributed by atoms with van der Waals surface area (Å²) in [7, 11) is 0.